The maximum atomic E-state index is 12.9. The molecule has 0 saturated carbocycles. The predicted molar refractivity (Wildman–Crippen MR) is 509 cm³/mol. The second-order valence-electron chi connectivity index (χ2n) is 28.0. The molecule has 15 aromatic rings. The first-order valence-electron chi connectivity index (χ1n) is 37.4. The fourth-order valence-corrected chi connectivity index (χ4v) is 17.9. The topological polar surface area (TPSA) is 390 Å². The quantitative estimate of drug-likeness (QED) is 0.0143. The Kier molecular flexibility index (Phi) is 33.2. The van der Waals surface area contributed by atoms with Gasteiger partial charge >= 0.3 is 29.8 Å². The van der Waals surface area contributed by atoms with Gasteiger partial charge in [0.25, 0.3) is 23.6 Å². The number of nitrogens with one attached hydrogen (secondary N) is 4. The lowest BCUT2D eigenvalue weighted by molar-refractivity contribution is -0.671. The molecule has 0 aliphatic rings. The summed E-state index contributed by atoms with van der Waals surface area (Å²) >= 11 is 33.9. The van der Waals surface area contributed by atoms with E-state index >= 15 is 0 Å². The number of rotatable bonds is 21. The summed E-state index contributed by atoms with van der Waals surface area (Å²) in [5, 5.41) is 60.3. The zero-order valence-corrected chi connectivity index (χ0v) is 78.6. The maximum Gasteiger partial charge on any atom is 0.342 e. The van der Waals surface area contributed by atoms with Crippen molar-refractivity contribution in [2.24, 2.45) is 7.05 Å². The number of aromatic carboxylic acids is 4. The summed E-state index contributed by atoms with van der Waals surface area (Å²) in [6, 6.07) is 45.9. The van der Waals surface area contributed by atoms with Gasteiger partial charge in [-0.3, -0.25) is 38.9 Å². The largest absolute Gasteiger partial charge is 0.478 e. The summed E-state index contributed by atoms with van der Waals surface area (Å²) in [6.07, 6.45) is 13.7. The number of aromatic nitrogens is 7. The molecule has 10 heterocycles. The normalized spacial score (nSPS) is 10.7. The van der Waals surface area contributed by atoms with E-state index in [-0.39, 0.29) is 67.5 Å². The van der Waals surface area contributed by atoms with Crippen LogP contribution in [-0.2, 0) is 18.2 Å². The average Bonchev–Trinajstić information content (AvgIpc) is 1.66. The SMILES string of the molecule is CC(C)(C)OC(=O)c1c(-c2ccc(Br)cc2)csc1NC(=O)c1cnccn1.C[n+]1cccc(C(=O)Nc2scc(-c3ccc(Br)cc3)c2C(=O)O)c1.Cc1ccc(C(=O)Nc2scc(-c3ccc(Cl)cc3)c2C(=O)O)c(Cl)n1.Cc1cnc(C(=O)Cc2scc(-c3ccc(Cl)cc3)c2C(=O)O)cn1.O=C(Nc1scc(-c2ccc(Br)cc2)c1C(=O)O)c1cccnc1. The van der Waals surface area contributed by atoms with Crippen molar-refractivity contribution in [2.75, 3.05) is 21.3 Å². The number of thiophene rings is 5. The Labute approximate surface area is 790 Å². The molecule has 0 fully saturated rings. The van der Waals surface area contributed by atoms with E-state index in [4.69, 9.17) is 39.5 Å². The third-order valence-electron chi connectivity index (χ3n) is 17.7. The van der Waals surface area contributed by atoms with Crippen LogP contribution in [0.5, 0.6) is 0 Å². The molecule has 4 amide bonds. The molecule has 37 heteroatoms. The summed E-state index contributed by atoms with van der Waals surface area (Å²) in [5.74, 6) is -6.83. The number of carboxylic acid groups (broad SMARTS) is 4. The molecular formula is C91H68Br3Cl3N11O15S5+. The van der Waals surface area contributed by atoms with Gasteiger partial charge in [-0.25, -0.2) is 43.5 Å². The highest BCUT2D eigenvalue weighted by Crippen LogP contribution is 2.42. The lowest BCUT2D eigenvalue weighted by atomic mass is 10.0. The van der Waals surface area contributed by atoms with Gasteiger partial charge in [-0.2, -0.15) is 0 Å². The number of anilines is 4. The number of hydrogen-bond donors (Lipinski definition) is 8. The maximum absolute atomic E-state index is 12.9. The Hall–Kier alpha value is -12.6. The zero-order chi connectivity index (χ0) is 92.2. The molecule has 26 nitrogen and oxygen atoms in total. The van der Waals surface area contributed by atoms with Crippen molar-refractivity contribution >= 4 is 219 Å². The number of carboxylic acids is 4. The van der Waals surface area contributed by atoms with Gasteiger partial charge in [0, 0.05) is 127 Å². The standard InChI is InChI=1S/C20H18BrN3O3S.C18H13BrN2O3S.C18H12Cl2N2O3S.C18H13ClN2O3S.C17H11BrN2O3S/c1-20(2,3)27-19(26)16-14(12-4-6-13(21)7-5-12)11-28-18(16)24-17(25)15-10-22-8-9-23-15;1-21-8-2-3-12(9-21)16(22)20-17-15(18(23)24)14(10-25-17)11-4-6-13(19)7-5-11;1-9-2-7-12(15(20)21-9)16(23)22-17-14(18(24)25)13(8-26-17)10-3-5-11(19)6-4-10;1-10-7-21-14(8-20-10)15(22)6-16-17(18(23)24)13(9-25-16)11-2-4-12(19)5-3-11;18-12-5-3-10(4-6-12)13-9-24-16(14(13)17(22)23)20-15(21)11-2-1-7-19-8-11/h4-11H,1-3H3,(H,24,25);2-10H,1H3,(H-,20,22,23,24);2-8H,1H3,(H,22,23)(H,24,25);2-5,7-9H,6H2,1H3,(H,23,24);1-9H,(H,20,21)(H,22,23)/p+1. The first-order chi connectivity index (χ1) is 61.1. The molecule has 0 radical (unpaired) electrons. The van der Waals surface area contributed by atoms with Gasteiger partial charge < -0.3 is 46.4 Å². The Morgan fingerprint density at radius 3 is 1.25 bits per heavy atom. The highest BCUT2D eigenvalue weighted by molar-refractivity contribution is 9.11. The van der Waals surface area contributed by atoms with E-state index in [0.29, 0.717) is 91.4 Å². The highest BCUT2D eigenvalue weighted by atomic mass is 79.9. The van der Waals surface area contributed by atoms with Crippen molar-refractivity contribution < 1.29 is 77.7 Å². The minimum atomic E-state index is -1.14. The van der Waals surface area contributed by atoms with Crippen molar-refractivity contribution in [2.45, 2.75) is 46.6 Å². The van der Waals surface area contributed by atoms with Crippen molar-refractivity contribution in [3.05, 3.63) is 341 Å². The first kappa shape index (κ1) is 96.1. The summed E-state index contributed by atoms with van der Waals surface area (Å²) in [6.45, 7) is 8.94. The van der Waals surface area contributed by atoms with Crippen LogP contribution in [0.15, 0.2) is 254 Å². The number of esters is 1. The van der Waals surface area contributed by atoms with Crippen molar-refractivity contribution in [3.8, 4) is 55.6 Å². The number of halogens is 6. The van der Waals surface area contributed by atoms with Crippen LogP contribution in [0.4, 0.5) is 20.0 Å². The van der Waals surface area contributed by atoms with Gasteiger partial charge in [0.15, 0.2) is 18.2 Å². The fourth-order valence-electron chi connectivity index (χ4n) is 11.7. The molecule has 0 unspecified atom stereocenters. The van der Waals surface area contributed by atoms with Crippen molar-refractivity contribution in [1.82, 2.24) is 29.9 Å². The number of amides is 4. The number of nitrogens with zero attached hydrogens (tertiary/aromatic N) is 7. The van der Waals surface area contributed by atoms with Gasteiger partial charge in [0.2, 0.25) is 0 Å². The van der Waals surface area contributed by atoms with Crippen LogP contribution in [0.25, 0.3) is 55.6 Å². The Balaban J connectivity index is 0.000000155. The summed E-state index contributed by atoms with van der Waals surface area (Å²) in [7, 11) is 1.82. The van der Waals surface area contributed by atoms with Gasteiger partial charge in [0.05, 0.1) is 34.8 Å². The van der Waals surface area contributed by atoms with E-state index in [2.05, 4.69) is 99.0 Å². The van der Waals surface area contributed by atoms with Gasteiger partial charge in [-0.1, -0.05) is 143 Å². The molecule has 0 aliphatic carbocycles. The van der Waals surface area contributed by atoms with Crippen LogP contribution in [-0.4, -0.2) is 115 Å². The number of pyridine rings is 3. The van der Waals surface area contributed by atoms with E-state index < -0.39 is 53.2 Å². The van der Waals surface area contributed by atoms with E-state index in [1.54, 1.807) is 158 Å². The number of ether oxygens (including phenoxy) is 1. The molecule has 0 aliphatic heterocycles. The Bertz CT molecular complexity index is 6620. The van der Waals surface area contributed by atoms with Crippen LogP contribution >= 0.6 is 139 Å². The summed E-state index contributed by atoms with van der Waals surface area (Å²) < 4.78 is 10.1. The minimum absolute atomic E-state index is 0.0156. The molecule has 0 saturated heterocycles. The molecular weight excluding hydrogens is 1990 g/mol. The highest BCUT2D eigenvalue weighted by Gasteiger charge is 2.30. The monoisotopic (exact) mass is 2060 g/mol. The number of Topliss-reactive ketones (excluding diaryl/α,β-unsaturated/α-hetero) is 1. The van der Waals surface area contributed by atoms with Crippen LogP contribution < -0.4 is 25.8 Å². The van der Waals surface area contributed by atoms with Crippen LogP contribution in [0.2, 0.25) is 15.2 Å². The number of carbonyl (C=O) groups excluding carboxylic acids is 6. The van der Waals surface area contributed by atoms with Crippen molar-refractivity contribution in [3.63, 3.8) is 0 Å². The molecule has 0 bridgehead atoms. The number of benzene rings is 5. The third-order valence-corrected chi connectivity index (χ3v) is 24.7. The third kappa shape index (κ3) is 25.6. The zero-order valence-electron chi connectivity index (χ0n) is 67.5. The molecule has 5 aromatic carbocycles. The second-order valence-corrected chi connectivity index (χ2v) is 36.4. The second kappa shape index (κ2) is 44.2. The predicted octanol–water partition coefficient (Wildman–Crippen LogP) is 23.3. The van der Waals surface area contributed by atoms with E-state index in [9.17, 15) is 68.4 Å². The molecule has 8 N–H and O–H groups in total. The van der Waals surface area contributed by atoms with Crippen molar-refractivity contribution in [1.29, 1.82) is 0 Å². The first-order valence-corrected chi connectivity index (χ1v) is 45.3. The van der Waals surface area contributed by atoms with Gasteiger partial charge in [-0.15, -0.1) is 56.7 Å². The molecule has 15 rings (SSSR count). The molecule has 648 valence electrons. The van der Waals surface area contributed by atoms with E-state index in [1.807, 2.05) is 91.4 Å². The lowest BCUT2D eigenvalue weighted by Gasteiger charge is -2.20. The fraction of sp³-hybridized carbons (Fsp3) is 0.0879. The van der Waals surface area contributed by atoms with Crippen LogP contribution in [0.1, 0.15) is 141 Å². The van der Waals surface area contributed by atoms with Crippen LogP contribution in [0, 0.1) is 13.8 Å². The smallest absolute Gasteiger partial charge is 0.342 e. The Morgan fingerprint density at radius 2 is 0.836 bits per heavy atom. The van der Waals surface area contributed by atoms with Gasteiger partial charge in [-0.05, 0) is 159 Å². The van der Waals surface area contributed by atoms with E-state index in [1.165, 1.54) is 82.5 Å². The lowest BCUT2D eigenvalue weighted by Crippen LogP contribution is -2.28. The van der Waals surface area contributed by atoms with Gasteiger partial charge in [0.1, 0.15) is 77.0 Å². The summed E-state index contributed by atoms with van der Waals surface area (Å²) in [4.78, 5) is 146. The summed E-state index contributed by atoms with van der Waals surface area (Å²) in [5.41, 5.74) is 9.54. The molecule has 128 heavy (non-hydrogen) atoms. The number of aryl methyl sites for hydroxylation is 3. The number of ketones is 1. The molecule has 10 aromatic heterocycles. The number of carbonyl (C=O) groups is 10. The molecule has 0 spiro atoms. The van der Waals surface area contributed by atoms with Crippen LogP contribution in [0.3, 0.4) is 0 Å². The average molecular weight is 2060 g/mol. The molecule has 0 atom stereocenters. The number of hydrogen-bond acceptors (Lipinski definition) is 22. The Morgan fingerprint density at radius 1 is 0.422 bits per heavy atom. The van der Waals surface area contributed by atoms with E-state index in [0.717, 1.165) is 47.0 Å². The minimum Gasteiger partial charge on any atom is -0.478 e.